The maximum absolute atomic E-state index is 11.8. The van der Waals surface area contributed by atoms with Gasteiger partial charge in [0.2, 0.25) is 0 Å². The van der Waals surface area contributed by atoms with Gasteiger partial charge in [-0.25, -0.2) is 4.79 Å². The molecule has 1 heterocycles. The molecule has 0 spiro atoms. The number of ether oxygens (including phenoxy) is 1. The summed E-state index contributed by atoms with van der Waals surface area (Å²) in [6, 6.07) is 13.8. The van der Waals surface area contributed by atoms with Crippen molar-refractivity contribution >= 4 is 22.5 Å². The Bertz CT molecular complexity index is 606. The van der Waals surface area contributed by atoms with Crippen molar-refractivity contribution in [2.45, 2.75) is 18.9 Å². The Hall–Kier alpha value is -2.07. The third kappa shape index (κ3) is 3.08. The van der Waals surface area contributed by atoms with Crippen LogP contribution in [0.15, 0.2) is 42.5 Å². The van der Waals surface area contributed by atoms with Gasteiger partial charge < -0.3 is 15.4 Å². The summed E-state index contributed by atoms with van der Waals surface area (Å²) in [6.45, 7) is 1.37. The molecular formula is C16H18N2O2. The first kappa shape index (κ1) is 12.9. The molecule has 1 aliphatic heterocycles. The Morgan fingerprint density at radius 3 is 2.85 bits per heavy atom. The van der Waals surface area contributed by atoms with Crippen LogP contribution in [-0.2, 0) is 4.74 Å². The van der Waals surface area contributed by atoms with Crippen molar-refractivity contribution < 1.29 is 9.53 Å². The molecule has 4 heteroatoms. The van der Waals surface area contributed by atoms with Crippen molar-refractivity contribution in [2.75, 3.05) is 18.5 Å². The monoisotopic (exact) mass is 270 g/mol. The highest BCUT2D eigenvalue weighted by molar-refractivity contribution is 5.93. The quantitative estimate of drug-likeness (QED) is 0.900. The van der Waals surface area contributed by atoms with Crippen LogP contribution in [0.1, 0.15) is 12.8 Å². The normalized spacial score (nSPS) is 18.1. The van der Waals surface area contributed by atoms with Gasteiger partial charge in [0.15, 0.2) is 0 Å². The van der Waals surface area contributed by atoms with Crippen LogP contribution < -0.4 is 10.6 Å². The summed E-state index contributed by atoms with van der Waals surface area (Å²) in [5.41, 5.74) is 0.800. The number of carbonyl (C=O) groups excluding carboxylic acids is 1. The summed E-state index contributed by atoms with van der Waals surface area (Å²) in [5, 5.41) is 7.98. The molecule has 1 saturated heterocycles. The number of fused-ring (bicyclic) bond motifs is 1. The largest absolute Gasteiger partial charge is 0.376 e. The summed E-state index contributed by atoms with van der Waals surface area (Å²) in [7, 11) is 0. The predicted molar refractivity (Wildman–Crippen MR) is 79.9 cm³/mol. The van der Waals surface area contributed by atoms with Gasteiger partial charge in [0.25, 0.3) is 0 Å². The lowest BCUT2D eigenvalue weighted by atomic mass is 10.1. The van der Waals surface area contributed by atoms with Crippen molar-refractivity contribution in [1.29, 1.82) is 0 Å². The van der Waals surface area contributed by atoms with E-state index in [9.17, 15) is 4.79 Å². The summed E-state index contributed by atoms with van der Waals surface area (Å²) < 4.78 is 5.47. The molecule has 0 bridgehead atoms. The highest BCUT2D eigenvalue weighted by Crippen LogP contribution is 2.18. The number of nitrogens with one attached hydrogen (secondary N) is 2. The van der Waals surface area contributed by atoms with Gasteiger partial charge in [-0.2, -0.15) is 0 Å². The van der Waals surface area contributed by atoms with E-state index in [1.807, 2.05) is 36.4 Å². The van der Waals surface area contributed by atoms with E-state index in [1.165, 1.54) is 0 Å². The first-order valence-electron chi connectivity index (χ1n) is 6.96. The minimum atomic E-state index is -0.184. The van der Waals surface area contributed by atoms with E-state index in [0.29, 0.717) is 6.54 Å². The highest BCUT2D eigenvalue weighted by atomic mass is 16.5. The van der Waals surface area contributed by atoms with Crippen LogP contribution in [0, 0.1) is 0 Å². The molecule has 1 aliphatic rings. The second-order valence-electron chi connectivity index (χ2n) is 5.03. The van der Waals surface area contributed by atoms with E-state index >= 15 is 0 Å². The summed E-state index contributed by atoms with van der Waals surface area (Å²) >= 11 is 0. The van der Waals surface area contributed by atoms with Crippen molar-refractivity contribution in [1.82, 2.24) is 5.32 Å². The Morgan fingerprint density at radius 1 is 1.20 bits per heavy atom. The van der Waals surface area contributed by atoms with E-state index in [0.717, 1.165) is 35.9 Å². The van der Waals surface area contributed by atoms with Crippen LogP contribution >= 0.6 is 0 Å². The smallest absolute Gasteiger partial charge is 0.319 e. The van der Waals surface area contributed by atoms with Crippen LogP contribution in [0.25, 0.3) is 10.8 Å². The first-order chi connectivity index (χ1) is 9.81. The molecule has 2 amide bonds. The number of amides is 2. The predicted octanol–water partition coefficient (Wildman–Crippen LogP) is 3.14. The zero-order valence-corrected chi connectivity index (χ0v) is 11.3. The summed E-state index contributed by atoms with van der Waals surface area (Å²) in [4.78, 5) is 11.8. The lowest BCUT2D eigenvalue weighted by Crippen LogP contribution is -2.34. The van der Waals surface area contributed by atoms with Gasteiger partial charge in [-0.05, 0) is 35.7 Å². The molecule has 1 unspecified atom stereocenters. The molecule has 2 aromatic rings. The average Bonchev–Trinajstić information content (AvgIpc) is 2.98. The molecule has 2 N–H and O–H groups in total. The van der Waals surface area contributed by atoms with Gasteiger partial charge in [0, 0.05) is 18.8 Å². The van der Waals surface area contributed by atoms with E-state index in [4.69, 9.17) is 4.74 Å². The fourth-order valence-electron chi connectivity index (χ4n) is 2.45. The molecular weight excluding hydrogens is 252 g/mol. The number of rotatable bonds is 3. The number of hydrogen-bond donors (Lipinski definition) is 2. The van der Waals surface area contributed by atoms with Gasteiger partial charge in [-0.1, -0.05) is 30.3 Å². The SMILES string of the molecule is O=C(NCC1CCCO1)Nc1ccc2ccccc2c1. The van der Waals surface area contributed by atoms with Crippen molar-refractivity contribution in [2.24, 2.45) is 0 Å². The lowest BCUT2D eigenvalue weighted by Gasteiger charge is -2.12. The molecule has 0 aromatic heterocycles. The van der Waals surface area contributed by atoms with Gasteiger partial charge in [-0.3, -0.25) is 0 Å². The number of urea groups is 1. The van der Waals surface area contributed by atoms with Gasteiger partial charge >= 0.3 is 6.03 Å². The average molecular weight is 270 g/mol. The molecule has 20 heavy (non-hydrogen) atoms. The molecule has 3 rings (SSSR count). The van der Waals surface area contributed by atoms with Crippen LogP contribution in [0.2, 0.25) is 0 Å². The molecule has 2 aromatic carbocycles. The minimum absolute atomic E-state index is 0.164. The molecule has 0 aliphatic carbocycles. The number of hydrogen-bond acceptors (Lipinski definition) is 2. The maximum atomic E-state index is 11.8. The first-order valence-corrected chi connectivity index (χ1v) is 6.96. The second-order valence-corrected chi connectivity index (χ2v) is 5.03. The Kier molecular flexibility index (Phi) is 3.83. The van der Waals surface area contributed by atoms with E-state index < -0.39 is 0 Å². The van der Waals surface area contributed by atoms with Crippen molar-refractivity contribution in [3.05, 3.63) is 42.5 Å². The van der Waals surface area contributed by atoms with E-state index in [-0.39, 0.29) is 12.1 Å². The zero-order chi connectivity index (χ0) is 13.8. The molecule has 104 valence electrons. The molecule has 0 saturated carbocycles. The summed E-state index contributed by atoms with van der Waals surface area (Å²) in [5.74, 6) is 0. The minimum Gasteiger partial charge on any atom is -0.376 e. The molecule has 1 fully saturated rings. The Balaban J connectivity index is 1.59. The molecule has 4 nitrogen and oxygen atoms in total. The second kappa shape index (κ2) is 5.92. The van der Waals surface area contributed by atoms with E-state index in [1.54, 1.807) is 0 Å². The third-order valence-corrected chi connectivity index (χ3v) is 3.52. The van der Waals surface area contributed by atoms with Crippen molar-refractivity contribution in [3.63, 3.8) is 0 Å². The lowest BCUT2D eigenvalue weighted by molar-refractivity contribution is 0.112. The number of anilines is 1. The Morgan fingerprint density at radius 2 is 2.05 bits per heavy atom. The molecule has 0 radical (unpaired) electrons. The fraction of sp³-hybridized carbons (Fsp3) is 0.312. The topological polar surface area (TPSA) is 50.4 Å². The van der Waals surface area contributed by atoms with Crippen molar-refractivity contribution in [3.8, 4) is 0 Å². The number of benzene rings is 2. The fourth-order valence-corrected chi connectivity index (χ4v) is 2.45. The maximum Gasteiger partial charge on any atom is 0.319 e. The van der Waals surface area contributed by atoms with E-state index in [2.05, 4.69) is 16.7 Å². The van der Waals surface area contributed by atoms with Crippen LogP contribution in [-0.4, -0.2) is 25.3 Å². The van der Waals surface area contributed by atoms with Crippen LogP contribution in [0.5, 0.6) is 0 Å². The third-order valence-electron chi connectivity index (χ3n) is 3.52. The van der Waals surface area contributed by atoms with Gasteiger partial charge in [0.05, 0.1) is 6.10 Å². The zero-order valence-electron chi connectivity index (χ0n) is 11.3. The van der Waals surface area contributed by atoms with Crippen LogP contribution in [0.4, 0.5) is 10.5 Å². The highest BCUT2D eigenvalue weighted by Gasteiger charge is 2.15. The molecule has 1 atom stereocenters. The Labute approximate surface area is 118 Å². The van der Waals surface area contributed by atoms with Gasteiger partial charge in [-0.15, -0.1) is 0 Å². The van der Waals surface area contributed by atoms with Gasteiger partial charge in [0.1, 0.15) is 0 Å². The number of carbonyl (C=O) groups is 1. The summed E-state index contributed by atoms with van der Waals surface area (Å²) in [6.07, 6.45) is 2.27. The standard InChI is InChI=1S/C16H18N2O2/c19-16(17-11-15-6-3-9-20-15)18-14-8-7-12-4-1-2-5-13(12)10-14/h1-2,4-5,7-8,10,15H,3,6,9,11H2,(H2,17,18,19). The van der Waals surface area contributed by atoms with Crippen LogP contribution in [0.3, 0.4) is 0 Å².